The third-order valence-corrected chi connectivity index (χ3v) is 6.12. The number of carbonyl (C=O) groups is 3. The molecule has 0 radical (unpaired) electrons. The maximum Gasteiger partial charge on any atom is 0.240 e. The van der Waals surface area contributed by atoms with Crippen molar-refractivity contribution in [3.8, 4) is 0 Å². The Bertz CT molecular complexity index is 1040. The third kappa shape index (κ3) is 2.16. The van der Waals surface area contributed by atoms with E-state index in [-0.39, 0.29) is 23.6 Å². The van der Waals surface area contributed by atoms with Crippen LogP contribution in [0.25, 0.3) is 6.08 Å². The van der Waals surface area contributed by atoms with E-state index in [1.54, 1.807) is 12.1 Å². The normalized spacial score (nSPS) is 27.6. The number of carbonyl (C=O) groups excluding carboxylic acids is 3. The van der Waals surface area contributed by atoms with Crippen LogP contribution in [0, 0.1) is 18.8 Å². The second-order valence-corrected chi connectivity index (χ2v) is 7.77. The molecule has 2 amide bonds. The SMILES string of the molecule is CC(=O)C1C2C(=O)N(c3ccc(C)cc3)C(=O)C2C2C=Cc3ccccc3N21. The molecule has 2 saturated heterocycles. The minimum Gasteiger partial charge on any atom is -0.353 e. The molecule has 4 unspecified atom stereocenters. The summed E-state index contributed by atoms with van der Waals surface area (Å²) >= 11 is 0. The summed E-state index contributed by atoms with van der Waals surface area (Å²) in [5, 5.41) is 0. The van der Waals surface area contributed by atoms with Crippen molar-refractivity contribution in [2.24, 2.45) is 11.8 Å². The first kappa shape index (κ1) is 16.9. The zero-order valence-corrected chi connectivity index (χ0v) is 15.7. The molecule has 0 aliphatic carbocycles. The highest BCUT2D eigenvalue weighted by Gasteiger charge is 2.63. The number of nitrogens with zero attached hydrogens (tertiary/aromatic N) is 2. The summed E-state index contributed by atoms with van der Waals surface area (Å²) in [4.78, 5) is 42.6. The van der Waals surface area contributed by atoms with Gasteiger partial charge in [0.05, 0.1) is 23.6 Å². The molecule has 3 aliphatic rings. The Hall–Kier alpha value is -3.21. The van der Waals surface area contributed by atoms with Gasteiger partial charge in [0.25, 0.3) is 0 Å². The number of aryl methyl sites for hydroxylation is 1. The summed E-state index contributed by atoms with van der Waals surface area (Å²) in [6, 6.07) is 14.2. The lowest BCUT2D eigenvalue weighted by molar-refractivity contribution is -0.126. The van der Waals surface area contributed by atoms with Crippen LogP contribution in [-0.2, 0) is 14.4 Å². The van der Waals surface area contributed by atoms with Crippen LogP contribution >= 0.6 is 0 Å². The molecule has 3 heterocycles. The number of fused-ring (bicyclic) bond motifs is 5. The van der Waals surface area contributed by atoms with E-state index in [0.29, 0.717) is 5.69 Å². The average Bonchev–Trinajstić information content (AvgIpc) is 3.16. The molecule has 5 rings (SSSR count). The molecule has 3 aliphatic heterocycles. The van der Waals surface area contributed by atoms with Crippen molar-refractivity contribution in [1.29, 1.82) is 0 Å². The number of hydrogen-bond donors (Lipinski definition) is 0. The lowest BCUT2D eigenvalue weighted by atomic mass is 9.88. The van der Waals surface area contributed by atoms with E-state index < -0.39 is 17.9 Å². The van der Waals surface area contributed by atoms with Gasteiger partial charge in [-0.2, -0.15) is 0 Å². The van der Waals surface area contributed by atoms with Crippen molar-refractivity contribution in [1.82, 2.24) is 0 Å². The summed E-state index contributed by atoms with van der Waals surface area (Å²) in [7, 11) is 0. The molecule has 5 nitrogen and oxygen atoms in total. The molecular formula is C23H20N2O3. The fourth-order valence-electron chi connectivity index (χ4n) is 4.92. The highest BCUT2D eigenvalue weighted by molar-refractivity contribution is 6.24. The van der Waals surface area contributed by atoms with E-state index in [1.165, 1.54) is 11.8 Å². The van der Waals surface area contributed by atoms with Gasteiger partial charge in [0.1, 0.15) is 6.04 Å². The van der Waals surface area contributed by atoms with Crippen molar-refractivity contribution in [2.75, 3.05) is 9.80 Å². The van der Waals surface area contributed by atoms with Crippen molar-refractivity contribution in [2.45, 2.75) is 25.9 Å². The van der Waals surface area contributed by atoms with Crippen LogP contribution in [0.2, 0.25) is 0 Å². The zero-order chi connectivity index (χ0) is 19.6. The molecule has 5 heteroatoms. The van der Waals surface area contributed by atoms with Gasteiger partial charge in [0.2, 0.25) is 11.8 Å². The maximum atomic E-state index is 13.4. The van der Waals surface area contributed by atoms with Gasteiger partial charge in [-0.25, -0.2) is 4.90 Å². The standard InChI is InChI=1S/C23H20N2O3/c1-13-7-10-16(11-8-13)24-22(27)19-18-12-9-15-5-3-4-6-17(15)25(18)21(14(2)26)20(19)23(24)28/h3-12,18-21H,1-2H3. The number of imide groups is 1. The molecule has 0 aromatic heterocycles. The fourth-order valence-corrected chi connectivity index (χ4v) is 4.92. The Morgan fingerprint density at radius 3 is 2.32 bits per heavy atom. The number of amides is 2. The van der Waals surface area contributed by atoms with Gasteiger partial charge in [-0.15, -0.1) is 0 Å². The predicted octanol–water partition coefficient (Wildman–Crippen LogP) is 2.97. The number of benzene rings is 2. The molecule has 2 aromatic carbocycles. The van der Waals surface area contributed by atoms with E-state index in [4.69, 9.17) is 0 Å². The van der Waals surface area contributed by atoms with Gasteiger partial charge < -0.3 is 4.90 Å². The van der Waals surface area contributed by atoms with Gasteiger partial charge in [0.15, 0.2) is 5.78 Å². The van der Waals surface area contributed by atoms with Gasteiger partial charge in [0, 0.05) is 5.69 Å². The van der Waals surface area contributed by atoms with E-state index in [2.05, 4.69) is 0 Å². The molecule has 28 heavy (non-hydrogen) atoms. The number of para-hydroxylation sites is 1. The van der Waals surface area contributed by atoms with E-state index in [1.807, 2.05) is 60.4 Å². The number of rotatable bonds is 2. The summed E-state index contributed by atoms with van der Waals surface area (Å²) in [6.07, 6.45) is 3.95. The first-order valence-electron chi connectivity index (χ1n) is 9.49. The molecular weight excluding hydrogens is 352 g/mol. The third-order valence-electron chi connectivity index (χ3n) is 6.12. The molecule has 0 spiro atoms. The average molecular weight is 372 g/mol. The van der Waals surface area contributed by atoms with Crippen molar-refractivity contribution in [3.63, 3.8) is 0 Å². The van der Waals surface area contributed by atoms with Crippen LogP contribution in [0.4, 0.5) is 11.4 Å². The summed E-state index contributed by atoms with van der Waals surface area (Å²) in [5.41, 5.74) is 3.54. The van der Waals surface area contributed by atoms with Crippen LogP contribution in [0.15, 0.2) is 54.6 Å². The summed E-state index contributed by atoms with van der Waals surface area (Å²) in [5.74, 6) is -1.80. The maximum absolute atomic E-state index is 13.4. The van der Waals surface area contributed by atoms with Gasteiger partial charge in [-0.05, 0) is 37.6 Å². The molecule has 4 atom stereocenters. The molecule has 0 saturated carbocycles. The lowest BCUT2D eigenvalue weighted by Crippen LogP contribution is -2.48. The van der Waals surface area contributed by atoms with Crippen LogP contribution in [0.5, 0.6) is 0 Å². The minimum atomic E-state index is -0.660. The van der Waals surface area contributed by atoms with Crippen molar-refractivity contribution in [3.05, 3.63) is 65.7 Å². The first-order chi connectivity index (χ1) is 13.5. The Morgan fingerprint density at radius 2 is 1.61 bits per heavy atom. The molecule has 2 fully saturated rings. The van der Waals surface area contributed by atoms with E-state index >= 15 is 0 Å². The minimum absolute atomic E-state index is 0.0884. The van der Waals surface area contributed by atoms with Crippen LogP contribution in [0.3, 0.4) is 0 Å². The number of anilines is 2. The highest BCUT2D eigenvalue weighted by atomic mass is 16.2. The smallest absolute Gasteiger partial charge is 0.240 e. The zero-order valence-electron chi connectivity index (χ0n) is 15.7. The van der Waals surface area contributed by atoms with Gasteiger partial charge in [-0.3, -0.25) is 14.4 Å². The largest absolute Gasteiger partial charge is 0.353 e. The predicted molar refractivity (Wildman–Crippen MR) is 107 cm³/mol. The molecule has 140 valence electrons. The van der Waals surface area contributed by atoms with Crippen LogP contribution in [-0.4, -0.2) is 29.7 Å². The Kier molecular flexibility index (Phi) is 3.56. The summed E-state index contributed by atoms with van der Waals surface area (Å²) < 4.78 is 0. The summed E-state index contributed by atoms with van der Waals surface area (Å²) in [6.45, 7) is 3.47. The second kappa shape index (κ2) is 5.89. The number of hydrogen-bond acceptors (Lipinski definition) is 4. The van der Waals surface area contributed by atoms with Crippen molar-refractivity contribution >= 4 is 35.0 Å². The van der Waals surface area contributed by atoms with Gasteiger partial charge >= 0.3 is 0 Å². The lowest BCUT2D eigenvalue weighted by Gasteiger charge is -2.36. The highest BCUT2D eigenvalue weighted by Crippen LogP contribution is 2.49. The van der Waals surface area contributed by atoms with Crippen molar-refractivity contribution < 1.29 is 14.4 Å². The van der Waals surface area contributed by atoms with Gasteiger partial charge in [-0.1, -0.05) is 48.0 Å². The Labute approximate surface area is 163 Å². The second-order valence-electron chi connectivity index (χ2n) is 7.77. The first-order valence-corrected chi connectivity index (χ1v) is 9.49. The molecule has 0 N–H and O–H groups in total. The molecule has 0 bridgehead atoms. The van der Waals surface area contributed by atoms with Crippen LogP contribution in [0.1, 0.15) is 18.1 Å². The topological polar surface area (TPSA) is 57.7 Å². The Morgan fingerprint density at radius 1 is 0.929 bits per heavy atom. The number of Topliss-reactive ketones (excluding diaryl/α,β-unsaturated/α-hetero) is 1. The van der Waals surface area contributed by atoms with Crippen LogP contribution < -0.4 is 9.80 Å². The van der Waals surface area contributed by atoms with E-state index in [9.17, 15) is 14.4 Å². The Balaban J connectivity index is 1.62. The molecule has 2 aromatic rings. The fraction of sp³-hybridized carbons (Fsp3) is 0.261. The van der Waals surface area contributed by atoms with E-state index in [0.717, 1.165) is 16.8 Å². The monoisotopic (exact) mass is 372 g/mol. The quantitative estimate of drug-likeness (QED) is 0.761. The number of ketones is 1.